The average Bonchev–Trinajstić information content (AvgIpc) is 2.57. The van der Waals surface area contributed by atoms with Gasteiger partial charge in [0.25, 0.3) is 0 Å². The Morgan fingerprint density at radius 2 is 1.79 bits per heavy atom. The molecular weight excluding hydrogens is 328 g/mol. The molecule has 0 heterocycles. The molecule has 0 fully saturated rings. The van der Waals surface area contributed by atoms with Crippen LogP contribution >= 0.6 is 0 Å². The summed E-state index contributed by atoms with van der Waals surface area (Å²) in [6.07, 6.45) is 0. The molecule has 0 saturated heterocycles. The molecule has 7 nitrogen and oxygen atoms in total. The van der Waals surface area contributed by atoms with Gasteiger partial charge in [0.1, 0.15) is 0 Å². The van der Waals surface area contributed by atoms with Gasteiger partial charge in [-0.25, -0.2) is 18.1 Å². The van der Waals surface area contributed by atoms with Crippen LogP contribution < -0.4 is 15.4 Å². The predicted octanol–water partition coefficient (Wildman–Crippen LogP) is 0.827. The van der Waals surface area contributed by atoms with E-state index in [0.29, 0.717) is 26.3 Å². The van der Waals surface area contributed by atoms with Crippen molar-refractivity contribution in [3.8, 4) is 0 Å². The molecule has 0 unspecified atom stereocenters. The highest BCUT2D eigenvalue weighted by Crippen LogP contribution is 2.08. The second-order valence-corrected chi connectivity index (χ2v) is 7.02. The SMILES string of the molecule is CCNC(=NCc1ccc(CS(=O)(=O)NC)cc1)NCCOCC. The largest absolute Gasteiger partial charge is 0.380 e. The Morgan fingerprint density at radius 3 is 2.38 bits per heavy atom. The zero-order valence-electron chi connectivity index (χ0n) is 14.6. The average molecular weight is 356 g/mol. The maximum atomic E-state index is 11.5. The van der Waals surface area contributed by atoms with Crippen molar-refractivity contribution in [1.29, 1.82) is 0 Å². The fourth-order valence-electron chi connectivity index (χ4n) is 1.93. The first kappa shape index (κ1) is 20.4. The number of aliphatic imine (C=N–C) groups is 1. The summed E-state index contributed by atoms with van der Waals surface area (Å²) in [5, 5.41) is 6.38. The summed E-state index contributed by atoms with van der Waals surface area (Å²) < 4.78 is 30.7. The molecule has 24 heavy (non-hydrogen) atoms. The molecule has 0 saturated carbocycles. The van der Waals surface area contributed by atoms with Crippen molar-refractivity contribution in [2.75, 3.05) is 33.4 Å². The first-order valence-corrected chi connectivity index (χ1v) is 9.75. The number of guanidine groups is 1. The summed E-state index contributed by atoms with van der Waals surface area (Å²) in [5.74, 6) is 0.716. The lowest BCUT2D eigenvalue weighted by Gasteiger charge is -2.11. The quantitative estimate of drug-likeness (QED) is 0.328. The molecule has 0 aliphatic rings. The second kappa shape index (κ2) is 11.0. The number of rotatable bonds is 10. The Bertz CT molecular complexity index is 600. The summed E-state index contributed by atoms with van der Waals surface area (Å²) in [4.78, 5) is 4.51. The summed E-state index contributed by atoms with van der Waals surface area (Å²) in [5.41, 5.74) is 1.77. The van der Waals surface area contributed by atoms with E-state index in [-0.39, 0.29) is 5.75 Å². The van der Waals surface area contributed by atoms with E-state index in [2.05, 4.69) is 20.3 Å². The van der Waals surface area contributed by atoms with Crippen LogP contribution in [0.5, 0.6) is 0 Å². The lowest BCUT2D eigenvalue weighted by Crippen LogP contribution is -2.39. The highest BCUT2D eigenvalue weighted by Gasteiger charge is 2.08. The summed E-state index contributed by atoms with van der Waals surface area (Å²) in [7, 11) is -1.83. The summed E-state index contributed by atoms with van der Waals surface area (Å²) in [6, 6.07) is 7.42. The van der Waals surface area contributed by atoms with E-state index in [9.17, 15) is 8.42 Å². The second-order valence-electron chi connectivity index (χ2n) is 5.10. The Labute approximate surface area is 145 Å². The van der Waals surface area contributed by atoms with Crippen molar-refractivity contribution < 1.29 is 13.2 Å². The monoisotopic (exact) mass is 356 g/mol. The standard InChI is InChI=1S/C16H28N4O3S/c1-4-18-16(19-10-11-23-5-2)20-12-14-6-8-15(9-7-14)13-24(21,22)17-3/h6-9,17H,4-5,10-13H2,1-3H3,(H2,18,19,20). The van der Waals surface area contributed by atoms with E-state index in [4.69, 9.17) is 4.74 Å². The maximum absolute atomic E-state index is 11.5. The minimum Gasteiger partial charge on any atom is -0.380 e. The molecule has 0 spiro atoms. The van der Waals surface area contributed by atoms with Crippen molar-refractivity contribution in [1.82, 2.24) is 15.4 Å². The molecule has 1 rings (SSSR count). The van der Waals surface area contributed by atoms with E-state index < -0.39 is 10.0 Å². The third-order valence-electron chi connectivity index (χ3n) is 3.20. The van der Waals surface area contributed by atoms with Crippen LogP contribution in [0.2, 0.25) is 0 Å². The third-order valence-corrected chi connectivity index (χ3v) is 4.53. The molecule has 0 aromatic heterocycles. The van der Waals surface area contributed by atoms with Gasteiger partial charge >= 0.3 is 0 Å². The number of ether oxygens (including phenoxy) is 1. The number of hydrogen-bond donors (Lipinski definition) is 3. The van der Waals surface area contributed by atoms with Crippen LogP contribution in [0, 0.1) is 0 Å². The highest BCUT2D eigenvalue weighted by molar-refractivity contribution is 7.88. The van der Waals surface area contributed by atoms with Gasteiger partial charge in [0, 0.05) is 19.7 Å². The number of nitrogens with one attached hydrogen (secondary N) is 3. The minimum atomic E-state index is -3.24. The van der Waals surface area contributed by atoms with Crippen molar-refractivity contribution in [3.05, 3.63) is 35.4 Å². The van der Waals surface area contributed by atoms with Gasteiger partial charge in [0.2, 0.25) is 10.0 Å². The van der Waals surface area contributed by atoms with Gasteiger partial charge in [-0.15, -0.1) is 0 Å². The zero-order chi connectivity index (χ0) is 17.8. The third kappa shape index (κ3) is 8.28. The smallest absolute Gasteiger partial charge is 0.215 e. The fraction of sp³-hybridized carbons (Fsp3) is 0.562. The molecule has 0 aliphatic carbocycles. The Hall–Kier alpha value is -1.64. The minimum absolute atomic E-state index is 0.0192. The summed E-state index contributed by atoms with van der Waals surface area (Å²) >= 11 is 0. The van der Waals surface area contributed by atoms with E-state index in [1.165, 1.54) is 7.05 Å². The molecule has 8 heteroatoms. The first-order valence-electron chi connectivity index (χ1n) is 8.09. The van der Waals surface area contributed by atoms with E-state index >= 15 is 0 Å². The molecule has 0 amide bonds. The number of hydrogen-bond acceptors (Lipinski definition) is 4. The topological polar surface area (TPSA) is 91.8 Å². The van der Waals surface area contributed by atoms with E-state index in [1.54, 1.807) is 0 Å². The Balaban J connectivity index is 2.59. The van der Waals surface area contributed by atoms with Crippen LogP contribution in [0.15, 0.2) is 29.3 Å². The lowest BCUT2D eigenvalue weighted by atomic mass is 10.1. The van der Waals surface area contributed by atoms with Crippen molar-refractivity contribution in [2.45, 2.75) is 26.1 Å². The van der Waals surface area contributed by atoms with Gasteiger partial charge in [0.15, 0.2) is 5.96 Å². The molecule has 136 valence electrons. The van der Waals surface area contributed by atoms with Crippen LogP contribution in [0.4, 0.5) is 0 Å². The lowest BCUT2D eigenvalue weighted by molar-refractivity contribution is 0.152. The van der Waals surface area contributed by atoms with Crippen molar-refractivity contribution in [3.63, 3.8) is 0 Å². The van der Waals surface area contributed by atoms with Gasteiger partial charge < -0.3 is 15.4 Å². The van der Waals surface area contributed by atoms with Crippen LogP contribution in [-0.4, -0.2) is 47.7 Å². The van der Waals surface area contributed by atoms with Crippen LogP contribution in [-0.2, 0) is 27.1 Å². The first-order chi connectivity index (χ1) is 11.5. The normalized spacial score (nSPS) is 12.2. The van der Waals surface area contributed by atoms with Crippen molar-refractivity contribution in [2.24, 2.45) is 4.99 Å². The predicted molar refractivity (Wildman–Crippen MR) is 97.4 cm³/mol. The Kier molecular flexibility index (Phi) is 9.36. The molecule has 1 aromatic carbocycles. The molecule has 1 aromatic rings. The van der Waals surface area contributed by atoms with Gasteiger partial charge in [-0.3, -0.25) is 0 Å². The highest BCUT2D eigenvalue weighted by atomic mass is 32.2. The molecule has 0 aliphatic heterocycles. The molecule has 3 N–H and O–H groups in total. The maximum Gasteiger partial charge on any atom is 0.215 e. The van der Waals surface area contributed by atoms with Gasteiger partial charge in [-0.05, 0) is 32.0 Å². The van der Waals surface area contributed by atoms with Crippen LogP contribution in [0.3, 0.4) is 0 Å². The number of nitrogens with zero attached hydrogens (tertiary/aromatic N) is 1. The molecule has 0 bridgehead atoms. The zero-order valence-corrected chi connectivity index (χ0v) is 15.4. The number of sulfonamides is 1. The van der Waals surface area contributed by atoms with E-state index in [0.717, 1.165) is 23.6 Å². The van der Waals surface area contributed by atoms with Crippen LogP contribution in [0.25, 0.3) is 0 Å². The van der Waals surface area contributed by atoms with Crippen molar-refractivity contribution >= 4 is 16.0 Å². The Morgan fingerprint density at radius 1 is 1.12 bits per heavy atom. The van der Waals surface area contributed by atoms with Gasteiger partial charge in [-0.2, -0.15) is 0 Å². The van der Waals surface area contributed by atoms with Gasteiger partial charge in [0.05, 0.1) is 18.9 Å². The van der Waals surface area contributed by atoms with Gasteiger partial charge in [-0.1, -0.05) is 24.3 Å². The molecule has 0 atom stereocenters. The molecule has 0 radical (unpaired) electrons. The fourth-order valence-corrected chi connectivity index (χ4v) is 2.71. The molecular formula is C16H28N4O3S. The van der Waals surface area contributed by atoms with Crippen LogP contribution in [0.1, 0.15) is 25.0 Å². The number of benzene rings is 1. The summed E-state index contributed by atoms with van der Waals surface area (Å²) in [6.45, 7) is 7.30. The van der Waals surface area contributed by atoms with E-state index in [1.807, 2.05) is 38.1 Å².